The first-order chi connectivity index (χ1) is 9.47. The van der Waals surface area contributed by atoms with Gasteiger partial charge >= 0.3 is 0 Å². The zero-order valence-electron chi connectivity index (χ0n) is 10.1. The van der Waals surface area contributed by atoms with E-state index in [4.69, 9.17) is 11.6 Å². The van der Waals surface area contributed by atoms with E-state index in [0.717, 1.165) is 0 Å². The lowest BCUT2D eigenvalue weighted by atomic mass is 10.2. The van der Waals surface area contributed by atoms with Crippen molar-refractivity contribution in [2.24, 2.45) is 0 Å². The van der Waals surface area contributed by atoms with Crippen LogP contribution in [0.15, 0.2) is 40.9 Å². The molecule has 2 aromatic rings. The van der Waals surface area contributed by atoms with Crippen LogP contribution >= 0.6 is 27.5 Å². The third-order valence-corrected chi connectivity index (χ3v) is 3.49. The largest absolute Gasteiger partial charge is 0.375 e. The molecule has 0 amide bonds. The Morgan fingerprint density at radius 1 is 1.30 bits per heavy atom. The van der Waals surface area contributed by atoms with Gasteiger partial charge in [0.15, 0.2) is 0 Å². The smallest absolute Gasteiger partial charge is 0.293 e. The molecule has 0 aromatic heterocycles. The molecule has 0 unspecified atom stereocenters. The summed E-state index contributed by atoms with van der Waals surface area (Å²) in [5.74, 6) is -0.423. The number of hydrogen-bond acceptors (Lipinski definition) is 3. The normalized spacial score (nSPS) is 10.3. The van der Waals surface area contributed by atoms with Gasteiger partial charge in [-0.3, -0.25) is 10.1 Å². The van der Waals surface area contributed by atoms with Crippen molar-refractivity contribution in [2.75, 3.05) is 5.32 Å². The summed E-state index contributed by atoms with van der Waals surface area (Å²) < 4.78 is 13.5. The molecule has 0 fully saturated rings. The van der Waals surface area contributed by atoms with Gasteiger partial charge in [0.05, 0.1) is 4.92 Å². The van der Waals surface area contributed by atoms with E-state index < -0.39 is 10.7 Å². The molecule has 1 N–H and O–H groups in total. The minimum Gasteiger partial charge on any atom is -0.375 e. The summed E-state index contributed by atoms with van der Waals surface area (Å²) in [7, 11) is 0. The van der Waals surface area contributed by atoms with Gasteiger partial charge in [0.25, 0.3) is 5.69 Å². The number of nitrogens with one attached hydrogen (secondary N) is 1. The highest BCUT2D eigenvalue weighted by Crippen LogP contribution is 2.29. The fourth-order valence-electron chi connectivity index (χ4n) is 1.66. The lowest BCUT2D eigenvalue weighted by molar-refractivity contribution is -0.384. The first-order valence-electron chi connectivity index (χ1n) is 5.59. The van der Waals surface area contributed by atoms with E-state index >= 15 is 0 Å². The number of halogens is 3. The van der Waals surface area contributed by atoms with Gasteiger partial charge in [-0.25, -0.2) is 4.39 Å². The van der Waals surface area contributed by atoms with Gasteiger partial charge in [-0.2, -0.15) is 0 Å². The Kier molecular flexibility index (Phi) is 4.57. The molecule has 4 nitrogen and oxygen atoms in total. The number of anilines is 1. The monoisotopic (exact) mass is 358 g/mol. The number of hydrogen-bond donors (Lipinski definition) is 1. The van der Waals surface area contributed by atoms with Crippen molar-refractivity contribution in [3.05, 3.63) is 67.4 Å². The summed E-state index contributed by atoms with van der Waals surface area (Å²) in [6.07, 6.45) is 0. The maximum atomic E-state index is 12.9. The SMILES string of the molecule is O=[N+]([O-])c1cc(Br)ccc1NCc1ccc(F)cc1Cl. The van der Waals surface area contributed by atoms with Crippen LogP contribution in [0, 0.1) is 15.9 Å². The summed E-state index contributed by atoms with van der Waals surface area (Å²) in [6, 6.07) is 8.73. The Morgan fingerprint density at radius 3 is 2.70 bits per heavy atom. The van der Waals surface area contributed by atoms with E-state index in [1.165, 1.54) is 24.3 Å². The van der Waals surface area contributed by atoms with Crippen LogP contribution in [-0.2, 0) is 6.54 Å². The highest BCUT2D eigenvalue weighted by Gasteiger charge is 2.14. The van der Waals surface area contributed by atoms with Crippen molar-refractivity contribution >= 4 is 38.9 Å². The molecular formula is C13H9BrClFN2O2. The second-order valence-electron chi connectivity index (χ2n) is 4.01. The minimum atomic E-state index is -0.473. The van der Waals surface area contributed by atoms with Crippen molar-refractivity contribution in [1.29, 1.82) is 0 Å². The lowest BCUT2D eigenvalue weighted by Gasteiger charge is -2.09. The number of nitro benzene ring substituents is 1. The molecule has 0 aliphatic rings. The van der Waals surface area contributed by atoms with Crippen molar-refractivity contribution in [1.82, 2.24) is 0 Å². The number of nitro groups is 1. The van der Waals surface area contributed by atoms with Gasteiger partial charge in [-0.1, -0.05) is 33.6 Å². The van der Waals surface area contributed by atoms with E-state index in [1.807, 2.05) is 0 Å². The first-order valence-corrected chi connectivity index (χ1v) is 6.76. The van der Waals surface area contributed by atoms with Gasteiger partial charge in [-0.05, 0) is 29.8 Å². The van der Waals surface area contributed by atoms with Crippen molar-refractivity contribution in [3.63, 3.8) is 0 Å². The van der Waals surface area contributed by atoms with Crippen LogP contribution in [0.2, 0.25) is 5.02 Å². The maximum Gasteiger partial charge on any atom is 0.293 e. The van der Waals surface area contributed by atoms with E-state index in [9.17, 15) is 14.5 Å². The average molecular weight is 360 g/mol. The van der Waals surface area contributed by atoms with Crippen molar-refractivity contribution in [3.8, 4) is 0 Å². The van der Waals surface area contributed by atoms with Crippen molar-refractivity contribution in [2.45, 2.75) is 6.54 Å². The van der Waals surface area contributed by atoms with E-state index in [2.05, 4.69) is 21.2 Å². The van der Waals surface area contributed by atoms with Crippen LogP contribution in [0.25, 0.3) is 0 Å². The van der Waals surface area contributed by atoms with E-state index in [1.54, 1.807) is 12.1 Å². The summed E-state index contributed by atoms with van der Waals surface area (Å²) >= 11 is 9.09. The van der Waals surface area contributed by atoms with Crippen LogP contribution < -0.4 is 5.32 Å². The third-order valence-electron chi connectivity index (χ3n) is 2.64. The van der Waals surface area contributed by atoms with E-state index in [0.29, 0.717) is 15.7 Å². The van der Waals surface area contributed by atoms with Gasteiger partial charge in [-0.15, -0.1) is 0 Å². The Hall–Kier alpha value is -1.66. The predicted octanol–water partition coefficient (Wildman–Crippen LogP) is 4.76. The molecule has 2 rings (SSSR count). The summed E-state index contributed by atoms with van der Waals surface area (Å²) in [5, 5.41) is 14.2. The Labute approximate surface area is 127 Å². The Balaban J connectivity index is 2.20. The molecule has 2 aromatic carbocycles. The fraction of sp³-hybridized carbons (Fsp3) is 0.0769. The number of benzene rings is 2. The molecule has 0 bridgehead atoms. The molecule has 0 saturated heterocycles. The Morgan fingerprint density at radius 2 is 2.05 bits per heavy atom. The maximum absolute atomic E-state index is 12.9. The highest BCUT2D eigenvalue weighted by atomic mass is 79.9. The fourth-order valence-corrected chi connectivity index (χ4v) is 2.24. The van der Waals surface area contributed by atoms with Gasteiger partial charge in [0.2, 0.25) is 0 Å². The van der Waals surface area contributed by atoms with Crippen LogP contribution in [0.1, 0.15) is 5.56 Å². The quantitative estimate of drug-likeness (QED) is 0.632. The average Bonchev–Trinajstić information content (AvgIpc) is 2.38. The van der Waals surface area contributed by atoms with Crippen LogP contribution in [0.3, 0.4) is 0 Å². The molecule has 0 heterocycles. The van der Waals surface area contributed by atoms with Crippen LogP contribution in [0.4, 0.5) is 15.8 Å². The molecule has 20 heavy (non-hydrogen) atoms. The second kappa shape index (κ2) is 6.19. The van der Waals surface area contributed by atoms with Gasteiger partial charge in [0, 0.05) is 22.1 Å². The predicted molar refractivity (Wildman–Crippen MR) is 79.5 cm³/mol. The second-order valence-corrected chi connectivity index (χ2v) is 5.33. The molecule has 0 aliphatic carbocycles. The Bertz CT molecular complexity index is 667. The van der Waals surface area contributed by atoms with Crippen LogP contribution in [-0.4, -0.2) is 4.92 Å². The topological polar surface area (TPSA) is 55.2 Å². The van der Waals surface area contributed by atoms with Crippen LogP contribution in [0.5, 0.6) is 0 Å². The number of nitrogens with zero attached hydrogens (tertiary/aromatic N) is 1. The van der Waals surface area contributed by atoms with Crippen molar-refractivity contribution < 1.29 is 9.31 Å². The molecule has 0 spiro atoms. The molecule has 0 saturated carbocycles. The number of rotatable bonds is 4. The van der Waals surface area contributed by atoms with Gasteiger partial charge < -0.3 is 5.32 Å². The molecule has 7 heteroatoms. The highest BCUT2D eigenvalue weighted by molar-refractivity contribution is 9.10. The molecule has 0 atom stereocenters. The molecular weight excluding hydrogens is 351 g/mol. The summed E-state index contributed by atoms with van der Waals surface area (Å²) in [5.41, 5.74) is 0.987. The zero-order chi connectivity index (χ0) is 14.7. The lowest BCUT2D eigenvalue weighted by Crippen LogP contribution is -2.03. The third kappa shape index (κ3) is 3.46. The zero-order valence-corrected chi connectivity index (χ0v) is 12.4. The summed E-state index contributed by atoms with van der Waals surface area (Å²) in [6.45, 7) is 0.265. The van der Waals surface area contributed by atoms with Gasteiger partial charge in [0.1, 0.15) is 11.5 Å². The standard InChI is InChI=1S/C13H9BrClFN2O2/c14-9-2-4-12(13(5-9)18(19)20)17-7-8-1-3-10(16)6-11(8)15/h1-6,17H,7H2. The molecule has 0 radical (unpaired) electrons. The molecule has 104 valence electrons. The molecule has 0 aliphatic heterocycles. The summed E-state index contributed by atoms with van der Waals surface area (Å²) in [4.78, 5) is 10.5. The first kappa shape index (κ1) is 14.7. The van der Waals surface area contributed by atoms with E-state index in [-0.39, 0.29) is 17.3 Å². The minimum absolute atomic E-state index is 0.0439.